The van der Waals surface area contributed by atoms with E-state index in [9.17, 15) is 0 Å². The van der Waals surface area contributed by atoms with Gasteiger partial charge in [-0.3, -0.25) is 0 Å². The van der Waals surface area contributed by atoms with Gasteiger partial charge in [-0.1, -0.05) is 101 Å². The van der Waals surface area contributed by atoms with Gasteiger partial charge in [0, 0.05) is 10.2 Å². The van der Waals surface area contributed by atoms with Gasteiger partial charge in [-0.05, 0) is 93.8 Å². The SMILES string of the molecule is Brc1ccc2c(c1)C1(C3=C2c2ccccc2CC3)c2ccccc2N(c2ccccc2)c2ccccc21. The molecule has 1 spiro atoms. The van der Waals surface area contributed by atoms with E-state index in [4.69, 9.17) is 0 Å². The lowest BCUT2D eigenvalue weighted by molar-refractivity contribution is 0.680. The first-order valence-corrected chi connectivity index (χ1v) is 13.7. The van der Waals surface area contributed by atoms with E-state index in [1.54, 1.807) is 0 Å². The Morgan fingerprint density at radius 3 is 1.97 bits per heavy atom. The highest BCUT2D eigenvalue weighted by Crippen LogP contribution is 2.65. The van der Waals surface area contributed by atoms with Crippen LogP contribution in [0.3, 0.4) is 0 Å². The minimum absolute atomic E-state index is 0.333. The Hall–Kier alpha value is -3.88. The second kappa shape index (κ2) is 7.81. The molecule has 2 heteroatoms. The molecule has 2 aliphatic carbocycles. The summed E-state index contributed by atoms with van der Waals surface area (Å²) in [7, 11) is 0. The normalized spacial score (nSPS) is 16.1. The first-order valence-electron chi connectivity index (χ1n) is 12.9. The molecule has 0 unspecified atom stereocenters. The molecule has 5 aromatic rings. The molecule has 176 valence electrons. The minimum atomic E-state index is -0.333. The van der Waals surface area contributed by atoms with Gasteiger partial charge in [-0.2, -0.15) is 0 Å². The van der Waals surface area contributed by atoms with E-state index in [2.05, 4.69) is 142 Å². The number of allylic oxidation sites excluding steroid dienone is 1. The summed E-state index contributed by atoms with van der Waals surface area (Å²) in [6.45, 7) is 0. The summed E-state index contributed by atoms with van der Waals surface area (Å²) in [4.78, 5) is 2.45. The number of halogens is 1. The van der Waals surface area contributed by atoms with E-state index in [0.717, 1.165) is 17.3 Å². The average molecular weight is 538 g/mol. The maximum Gasteiger partial charge on any atom is 0.0718 e. The molecule has 0 bridgehead atoms. The van der Waals surface area contributed by atoms with Crippen LogP contribution in [-0.2, 0) is 11.8 Å². The van der Waals surface area contributed by atoms with Crippen molar-refractivity contribution >= 4 is 38.6 Å². The lowest BCUT2D eigenvalue weighted by Crippen LogP contribution is -2.37. The second-order valence-electron chi connectivity index (χ2n) is 10.2. The fourth-order valence-electron chi connectivity index (χ4n) is 7.14. The maximum absolute atomic E-state index is 3.85. The molecule has 0 N–H and O–H groups in total. The van der Waals surface area contributed by atoms with Crippen LogP contribution in [0, 0.1) is 0 Å². The number of anilines is 3. The zero-order valence-electron chi connectivity index (χ0n) is 20.3. The highest BCUT2D eigenvalue weighted by Gasteiger charge is 2.53. The Bertz CT molecular complexity index is 1700. The number of aryl methyl sites for hydroxylation is 1. The van der Waals surface area contributed by atoms with Crippen molar-refractivity contribution in [2.75, 3.05) is 4.90 Å². The summed E-state index contributed by atoms with van der Waals surface area (Å²) in [5.41, 5.74) is 14.7. The van der Waals surface area contributed by atoms with Gasteiger partial charge in [0.25, 0.3) is 0 Å². The number of para-hydroxylation sites is 3. The molecule has 3 aliphatic rings. The van der Waals surface area contributed by atoms with Crippen LogP contribution in [0.1, 0.15) is 39.8 Å². The van der Waals surface area contributed by atoms with Gasteiger partial charge in [-0.15, -0.1) is 0 Å². The van der Waals surface area contributed by atoms with E-state index < -0.39 is 0 Å². The smallest absolute Gasteiger partial charge is 0.0718 e. The van der Waals surface area contributed by atoms with Crippen LogP contribution < -0.4 is 4.90 Å². The molecule has 0 amide bonds. The van der Waals surface area contributed by atoms with E-state index >= 15 is 0 Å². The van der Waals surface area contributed by atoms with Gasteiger partial charge in [0.05, 0.1) is 16.8 Å². The standard InChI is InChI=1S/C35H24BrN/c36-24-19-20-27-31(22-24)35(30-21-18-23-10-4-5-13-26(23)34(27)30)28-14-6-8-16-32(28)37(25-11-2-1-3-12-25)33-17-9-7-15-29(33)35/h1-17,19-20,22H,18,21H2. The van der Waals surface area contributed by atoms with Gasteiger partial charge in [0.2, 0.25) is 0 Å². The fraction of sp³-hybridized carbons (Fsp3) is 0.0857. The summed E-state index contributed by atoms with van der Waals surface area (Å²) < 4.78 is 1.12. The molecule has 1 heterocycles. The molecule has 37 heavy (non-hydrogen) atoms. The van der Waals surface area contributed by atoms with Crippen LogP contribution in [0.15, 0.2) is 131 Å². The van der Waals surface area contributed by atoms with Crippen LogP contribution in [0.5, 0.6) is 0 Å². The first kappa shape index (κ1) is 21.2. The highest BCUT2D eigenvalue weighted by molar-refractivity contribution is 9.10. The summed E-state index contributed by atoms with van der Waals surface area (Å²) in [5, 5.41) is 0. The second-order valence-corrected chi connectivity index (χ2v) is 11.1. The lowest BCUT2D eigenvalue weighted by Gasteiger charge is -2.46. The van der Waals surface area contributed by atoms with E-state index in [-0.39, 0.29) is 5.41 Å². The number of fused-ring (bicyclic) bond motifs is 10. The maximum atomic E-state index is 3.85. The quantitative estimate of drug-likeness (QED) is 0.206. The third-order valence-electron chi connectivity index (χ3n) is 8.45. The van der Waals surface area contributed by atoms with Crippen molar-refractivity contribution in [3.05, 3.63) is 165 Å². The molecule has 0 aromatic heterocycles. The molecule has 0 saturated carbocycles. The topological polar surface area (TPSA) is 3.24 Å². The van der Waals surface area contributed by atoms with Crippen molar-refractivity contribution < 1.29 is 0 Å². The van der Waals surface area contributed by atoms with Crippen LogP contribution in [0.2, 0.25) is 0 Å². The third kappa shape index (κ3) is 2.74. The third-order valence-corrected chi connectivity index (χ3v) is 8.95. The largest absolute Gasteiger partial charge is 0.310 e. The number of hydrogen-bond acceptors (Lipinski definition) is 1. The minimum Gasteiger partial charge on any atom is -0.310 e. The first-order chi connectivity index (χ1) is 18.3. The molecule has 0 radical (unpaired) electrons. The number of nitrogens with zero attached hydrogens (tertiary/aromatic N) is 1. The van der Waals surface area contributed by atoms with E-state index in [0.29, 0.717) is 0 Å². The van der Waals surface area contributed by atoms with Gasteiger partial charge < -0.3 is 4.90 Å². The van der Waals surface area contributed by atoms with Gasteiger partial charge >= 0.3 is 0 Å². The Kier molecular flexibility index (Phi) is 4.48. The van der Waals surface area contributed by atoms with E-state index in [1.165, 1.54) is 61.6 Å². The van der Waals surface area contributed by atoms with Crippen molar-refractivity contribution in [1.82, 2.24) is 0 Å². The molecule has 0 saturated heterocycles. The van der Waals surface area contributed by atoms with Crippen molar-refractivity contribution in [2.45, 2.75) is 18.3 Å². The van der Waals surface area contributed by atoms with Crippen LogP contribution >= 0.6 is 15.9 Å². The van der Waals surface area contributed by atoms with Gasteiger partial charge in [0.1, 0.15) is 0 Å². The molecular formula is C35H24BrN. The summed E-state index contributed by atoms with van der Waals surface area (Å²) in [5.74, 6) is 0. The van der Waals surface area contributed by atoms with Crippen molar-refractivity contribution in [3.8, 4) is 0 Å². The number of hydrogen-bond donors (Lipinski definition) is 0. The fourth-order valence-corrected chi connectivity index (χ4v) is 7.50. The molecule has 8 rings (SSSR count). The monoisotopic (exact) mass is 537 g/mol. The Labute approximate surface area is 225 Å². The summed E-state index contributed by atoms with van der Waals surface area (Å²) in [6.07, 6.45) is 2.12. The molecule has 0 fully saturated rings. The van der Waals surface area contributed by atoms with Crippen LogP contribution in [-0.4, -0.2) is 0 Å². The Morgan fingerprint density at radius 2 is 1.22 bits per heavy atom. The van der Waals surface area contributed by atoms with Crippen LogP contribution in [0.25, 0.3) is 5.57 Å². The molecule has 1 nitrogen and oxygen atoms in total. The zero-order chi connectivity index (χ0) is 24.6. The van der Waals surface area contributed by atoms with Gasteiger partial charge in [-0.25, -0.2) is 0 Å². The molecule has 5 aromatic carbocycles. The average Bonchev–Trinajstić information content (AvgIpc) is 3.24. The lowest BCUT2D eigenvalue weighted by atomic mass is 9.62. The van der Waals surface area contributed by atoms with E-state index in [1.807, 2.05) is 0 Å². The number of rotatable bonds is 1. The molecular weight excluding hydrogens is 514 g/mol. The highest BCUT2D eigenvalue weighted by atomic mass is 79.9. The molecule has 0 atom stereocenters. The predicted octanol–water partition coefficient (Wildman–Crippen LogP) is 9.33. The van der Waals surface area contributed by atoms with Crippen LogP contribution in [0.4, 0.5) is 17.1 Å². The van der Waals surface area contributed by atoms with Crippen molar-refractivity contribution in [2.24, 2.45) is 0 Å². The molecule has 1 aliphatic heterocycles. The number of benzene rings is 5. The Balaban J connectivity index is 1.55. The summed E-state index contributed by atoms with van der Waals surface area (Å²) >= 11 is 3.85. The van der Waals surface area contributed by atoms with Crippen molar-refractivity contribution in [3.63, 3.8) is 0 Å². The van der Waals surface area contributed by atoms with Crippen molar-refractivity contribution in [1.29, 1.82) is 0 Å². The Morgan fingerprint density at radius 1 is 0.568 bits per heavy atom. The van der Waals surface area contributed by atoms with Gasteiger partial charge in [0.15, 0.2) is 0 Å². The predicted molar refractivity (Wildman–Crippen MR) is 156 cm³/mol. The summed E-state index contributed by atoms with van der Waals surface area (Å²) in [6, 6.07) is 44.8. The zero-order valence-corrected chi connectivity index (χ0v) is 21.9.